The Hall–Kier alpha value is -2.43. The van der Waals surface area contributed by atoms with E-state index >= 15 is 0 Å². The van der Waals surface area contributed by atoms with Crippen LogP contribution in [0.2, 0.25) is 0 Å². The van der Waals surface area contributed by atoms with Crippen molar-refractivity contribution in [3.63, 3.8) is 0 Å². The molecule has 0 amide bonds. The fourth-order valence-electron chi connectivity index (χ4n) is 4.37. The van der Waals surface area contributed by atoms with E-state index in [1.807, 2.05) is 0 Å². The highest BCUT2D eigenvalue weighted by atomic mass is 35.6. The van der Waals surface area contributed by atoms with Crippen molar-refractivity contribution in [2.24, 2.45) is 0 Å². The summed E-state index contributed by atoms with van der Waals surface area (Å²) in [7, 11) is 9.70. The lowest BCUT2D eigenvalue weighted by molar-refractivity contribution is 1.13. The third-order valence-corrected chi connectivity index (χ3v) is 12.0. The van der Waals surface area contributed by atoms with Gasteiger partial charge in [0.05, 0.1) is 0 Å². The number of anilines is 3. The number of rotatable bonds is 6. The van der Waals surface area contributed by atoms with Crippen molar-refractivity contribution in [3.05, 3.63) is 71.3 Å². The molecule has 170 valence electrons. The average molecular weight is 466 g/mol. The molecule has 3 aromatic rings. The first-order valence-corrected chi connectivity index (χ1v) is 14.0. The quantitative estimate of drug-likeness (QED) is 0.309. The number of nitrogens with zero attached hydrogens (tertiary/aromatic N) is 3. The van der Waals surface area contributed by atoms with Gasteiger partial charge in [-0.3, -0.25) is 0 Å². The summed E-state index contributed by atoms with van der Waals surface area (Å²) in [5.41, 5.74) is 7.30. The highest BCUT2D eigenvalue weighted by Gasteiger charge is 2.41. The van der Waals surface area contributed by atoms with Gasteiger partial charge in [-0.15, -0.1) is 11.1 Å². The molecule has 0 aliphatic heterocycles. The third-order valence-electron chi connectivity index (χ3n) is 6.29. The van der Waals surface area contributed by atoms with Gasteiger partial charge in [0.25, 0.3) is 0 Å². The van der Waals surface area contributed by atoms with Crippen LogP contribution in [0, 0.1) is 20.8 Å². The average Bonchev–Trinajstić information content (AvgIpc) is 2.72. The van der Waals surface area contributed by atoms with Crippen molar-refractivity contribution < 1.29 is 0 Å². The first kappa shape index (κ1) is 24.2. The molecule has 0 bridgehead atoms. The van der Waals surface area contributed by atoms with Crippen molar-refractivity contribution >= 4 is 51.1 Å². The highest BCUT2D eigenvalue weighted by molar-refractivity contribution is 7.40. The predicted octanol–water partition coefficient (Wildman–Crippen LogP) is 4.02. The zero-order chi connectivity index (χ0) is 23.8. The zero-order valence-corrected chi connectivity index (χ0v) is 22.7. The van der Waals surface area contributed by atoms with Crippen molar-refractivity contribution in [3.8, 4) is 0 Å². The molecular formula is C27H36ClN3Si. The van der Waals surface area contributed by atoms with Crippen molar-refractivity contribution in [1.29, 1.82) is 0 Å². The van der Waals surface area contributed by atoms with E-state index in [9.17, 15) is 0 Å². The van der Waals surface area contributed by atoms with Crippen LogP contribution in [0.1, 0.15) is 16.7 Å². The van der Waals surface area contributed by atoms with E-state index in [1.54, 1.807) is 0 Å². The molecule has 0 N–H and O–H groups in total. The second-order valence-corrected chi connectivity index (χ2v) is 14.0. The summed E-state index contributed by atoms with van der Waals surface area (Å²) in [5.74, 6) is 0. The molecule has 0 atom stereocenters. The summed E-state index contributed by atoms with van der Waals surface area (Å²) in [6.07, 6.45) is 0. The van der Waals surface area contributed by atoms with Gasteiger partial charge in [0, 0.05) is 59.3 Å². The summed E-state index contributed by atoms with van der Waals surface area (Å²) < 4.78 is 0. The van der Waals surface area contributed by atoms with Crippen LogP contribution in [0.25, 0.3) is 0 Å². The maximum Gasteiger partial charge on any atom is 0.248 e. The van der Waals surface area contributed by atoms with Gasteiger partial charge in [-0.1, -0.05) is 18.2 Å². The lowest BCUT2D eigenvalue weighted by Gasteiger charge is -2.32. The Morgan fingerprint density at radius 2 is 0.750 bits per heavy atom. The Balaban J connectivity index is 2.32. The summed E-state index contributed by atoms with van der Waals surface area (Å²) >= 11 is 7.93. The van der Waals surface area contributed by atoms with Crippen LogP contribution in [-0.4, -0.2) is 49.7 Å². The molecule has 3 nitrogen and oxygen atoms in total. The molecule has 3 aromatic carbocycles. The number of hydrogen-bond acceptors (Lipinski definition) is 3. The van der Waals surface area contributed by atoms with E-state index in [0.29, 0.717) is 0 Å². The Kier molecular flexibility index (Phi) is 6.96. The van der Waals surface area contributed by atoms with Crippen molar-refractivity contribution in [2.75, 3.05) is 57.0 Å². The van der Waals surface area contributed by atoms with E-state index in [4.69, 9.17) is 11.1 Å². The first-order chi connectivity index (χ1) is 15.0. The summed E-state index contributed by atoms with van der Waals surface area (Å²) in [5, 5.41) is 3.77. The summed E-state index contributed by atoms with van der Waals surface area (Å²) in [6.45, 7) is 6.58. The molecule has 0 fully saturated rings. The van der Waals surface area contributed by atoms with Crippen LogP contribution in [0.5, 0.6) is 0 Å². The molecule has 0 unspecified atom stereocenters. The van der Waals surface area contributed by atoms with Crippen LogP contribution in [0.4, 0.5) is 17.1 Å². The third kappa shape index (κ3) is 4.39. The first-order valence-electron chi connectivity index (χ1n) is 11.0. The van der Waals surface area contributed by atoms with E-state index in [0.717, 1.165) is 0 Å². The van der Waals surface area contributed by atoms with E-state index in [1.165, 1.54) is 49.3 Å². The van der Waals surface area contributed by atoms with Gasteiger partial charge in [-0.25, -0.2) is 0 Å². The smallest absolute Gasteiger partial charge is 0.248 e. The van der Waals surface area contributed by atoms with Crippen LogP contribution in [-0.2, 0) is 0 Å². The van der Waals surface area contributed by atoms with Gasteiger partial charge >= 0.3 is 0 Å². The minimum Gasteiger partial charge on any atom is -0.378 e. The fraction of sp³-hybridized carbons (Fsp3) is 0.333. The largest absolute Gasteiger partial charge is 0.378 e. The number of halogens is 1. The second-order valence-electron chi connectivity index (χ2n) is 9.34. The van der Waals surface area contributed by atoms with Crippen LogP contribution in [0.3, 0.4) is 0 Å². The zero-order valence-electron chi connectivity index (χ0n) is 20.9. The molecule has 5 heteroatoms. The normalized spacial score (nSPS) is 11.4. The Labute approximate surface area is 199 Å². The monoisotopic (exact) mass is 465 g/mol. The molecule has 3 rings (SSSR count). The van der Waals surface area contributed by atoms with Crippen molar-refractivity contribution in [2.45, 2.75) is 20.8 Å². The highest BCUT2D eigenvalue weighted by Crippen LogP contribution is 2.24. The van der Waals surface area contributed by atoms with Gasteiger partial charge in [-0.2, -0.15) is 0 Å². The molecule has 0 radical (unpaired) electrons. The summed E-state index contributed by atoms with van der Waals surface area (Å²) in [6, 6.07) is 20.1. The molecule has 0 aromatic heterocycles. The van der Waals surface area contributed by atoms with Crippen LogP contribution in [0.15, 0.2) is 54.6 Å². The Morgan fingerprint density at radius 1 is 0.500 bits per heavy atom. The van der Waals surface area contributed by atoms with E-state index in [-0.39, 0.29) is 0 Å². The number of benzene rings is 3. The van der Waals surface area contributed by atoms with Crippen LogP contribution < -0.4 is 30.3 Å². The lowest BCUT2D eigenvalue weighted by atomic mass is 10.2. The summed E-state index contributed by atoms with van der Waals surface area (Å²) in [4.78, 5) is 6.42. The van der Waals surface area contributed by atoms with Gasteiger partial charge in [0.2, 0.25) is 7.38 Å². The lowest BCUT2D eigenvalue weighted by Crippen LogP contribution is -2.65. The second kappa shape index (κ2) is 9.20. The molecule has 0 saturated carbocycles. The molecule has 0 spiro atoms. The van der Waals surface area contributed by atoms with Gasteiger partial charge < -0.3 is 14.7 Å². The minimum atomic E-state index is -2.77. The van der Waals surface area contributed by atoms with Crippen molar-refractivity contribution in [1.82, 2.24) is 0 Å². The SMILES string of the molecule is Cc1cc(N(C)C)ccc1[Si](Cl)(c1ccc(N(C)C)cc1C)c1ccc(N(C)C)cc1C. The molecular weight excluding hydrogens is 430 g/mol. The Bertz CT molecular complexity index is 982. The molecule has 0 aliphatic carbocycles. The molecule has 32 heavy (non-hydrogen) atoms. The van der Waals surface area contributed by atoms with Gasteiger partial charge in [-0.05, 0) is 89.4 Å². The number of hydrogen-bond donors (Lipinski definition) is 0. The standard InChI is InChI=1S/C27H36ClN3Si/c1-19-16-22(29(4)5)10-13-25(19)32(28,26-14-11-23(30(6)7)17-20(26)2)27-15-12-24(31(8)9)18-21(27)3/h10-18H,1-9H3. The molecule has 0 saturated heterocycles. The minimum absolute atomic E-state index is 1.19. The fourth-order valence-corrected chi connectivity index (χ4v) is 9.94. The Morgan fingerprint density at radius 3 is 0.938 bits per heavy atom. The maximum atomic E-state index is 7.93. The van der Waals surface area contributed by atoms with Gasteiger partial charge in [0.15, 0.2) is 0 Å². The van der Waals surface area contributed by atoms with Crippen LogP contribution >= 0.6 is 11.1 Å². The van der Waals surface area contributed by atoms with E-state index < -0.39 is 7.38 Å². The number of aryl methyl sites for hydroxylation is 3. The predicted molar refractivity (Wildman–Crippen MR) is 147 cm³/mol. The molecule has 0 aliphatic rings. The van der Waals surface area contributed by atoms with Gasteiger partial charge in [0.1, 0.15) is 0 Å². The molecule has 0 heterocycles. The van der Waals surface area contributed by atoms with E-state index in [2.05, 4.69) is 132 Å². The maximum absolute atomic E-state index is 7.93. The topological polar surface area (TPSA) is 9.72 Å².